The van der Waals surface area contributed by atoms with Gasteiger partial charge in [0.25, 0.3) is 0 Å². The number of hydrogen-bond acceptors (Lipinski definition) is 2. The van der Waals surface area contributed by atoms with Crippen LogP contribution in [0.25, 0.3) is 0 Å². The van der Waals surface area contributed by atoms with E-state index >= 15 is 0 Å². The van der Waals surface area contributed by atoms with Gasteiger partial charge < -0.3 is 10.6 Å². The molecule has 1 aliphatic heterocycles. The largest absolute Gasteiger partial charge is 0.353 e. The number of carbonyl (C=O) groups excluding carboxylic acids is 1. The molecule has 1 aliphatic carbocycles. The highest BCUT2D eigenvalue weighted by Crippen LogP contribution is 2.38. The Kier molecular flexibility index (Phi) is 3.29. The molecule has 1 atom stereocenters. The van der Waals surface area contributed by atoms with Crippen LogP contribution in [0.5, 0.6) is 0 Å². The van der Waals surface area contributed by atoms with Crippen molar-refractivity contribution in [3.8, 4) is 0 Å². The van der Waals surface area contributed by atoms with Crippen LogP contribution in [0, 0.1) is 0 Å². The molecule has 0 unspecified atom stereocenters. The molecule has 0 aromatic heterocycles. The van der Waals surface area contributed by atoms with E-state index in [0.717, 1.165) is 25.8 Å². The Morgan fingerprint density at radius 3 is 2.93 bits per heavy atom. The minimum absolute atomic E-state index is 0.235. The molecule has 3 heteroatoms. The number of rotatable bonds is 3. The quantitative estimate of drug-likeness (QED) is 0.742. The van der Waals surface area contributed by atoms with Crippen LogP contribution in [0.2, 0.25) is 0 Å². The summed E-state index contributed by atoms with van der Waals surface area (Å²) in [5.41, 5.74) is 0.391. The van der Waals surface area contributed by atoms with Crippen molar-refractivity contribution in [3.63, 3.8) is 0 Å². The van der Waals surface area contributed by atoms with E-state index in [2.05, 4.69) is 17.6 Å². The lowest BCUT2D eigenvalue weighted by Crippen LogP contribution is -2.59. The van der Waals surface area contributed by atoms with Gasteiger partial charge in [-0.1, -0.05) is 6.92 Å². The predicted molar refractivity (Wildman–Crippen MR) is 60.7 cm³/mol. The smallest absolute Gasteiger partial charge is 0.220 e. The molecule has 0 bridgehead atoms. The molecule has 1 heterocycles. The van der Waals surface area contributed by atoms with E-state index < -0.39 is 0 Å². The molecule has 2 fully saturated rings. The number of nitrogens with one attached hydrogen (secondary N) is 2. The highest BCUT2D eigenvalue weighted by Gasteiger charge is 2.40. The standard InChI is InChI=1S/C12H22N2O/c1-2-4-11(15)14-10-5-8-13-12(9-10)6-3-7-12/h10,13H,2-9H2,1H3,(H,14,15)/t10-/m0/s1. The van der Waals surface area contributed by atoms with Gasteiger partial charge >= 0.3 is 0 Å². The first-order valence-electron chi connectivity index (χ1n) is 6.28. The summed E-state index contributed by atoms with van der Waals surface area (Å²) in [5.74, 6) is 0.235. The lowest BCUT2D eigenvalue weighted by Gasteiger charge is -2.48. The molecule has 1 saturated carbocycles. The van der Waals surface area contributed by atoms with Gasteiger partial charge in [0.15, 0.2) is 0 Å². The average molecular weight is 210 g/mol. The zero-order valence-electron chi connectivity index (χ0n) is 9.64. The van der Waals surface area contributed by atoms with E-state index in [1.54, 1.807) is 0 Å². The zero-order chi connectivity index (χ0) is 10.7. The Morgan fingerprint density at radius 2 is 2.33 bits per heavy atom. The third-order valence-electron chi connectivity index (χ3n) is 3.78. The first-order valence-corrected chi connectivity index (χ1v) is 6.28. The Morgan fingerprint density at radius 1 is 1.53 bits per heavy atom. The van der Waals surface area contributed by atoms with Crippen LogP contribution in [0.4, 0.5) is 0 Å². The van der Waals surface area contributed by atoms with E-state index in [-0.39, 0.29) is 5.91 Å². The maximum Gasteiger partial charge on any atom is 0.220 e. The van der Waals surface area contributed by atoms with Gasteiger partial charge in [-0.25, -0.2) is 0 Å². The van der Waals surface area contributed by atoms with Crippen LogP contribution in [-0.4, -0.2) is 24.0 Å². The van der Waals surface area contributed by atoms with Gasteiger partial charge in [-0.15, -0.1) is 0 Å². The Balaban J connectivity index is 1.80. The first kappa shape index (κ1) is 10.9. The van der Waals surface area contributed by atoms with Crippen LogP contribution in [0.3, 0.4) is 0 Å². The maximum atomic E-state index is 11.5. The summed E-state index contributed by atoms with van der Waals surface area (Å²) in [6, 6.07) is 0.422. The molecule has 86 valence electrons. The van der Waals surface area contributed by atoms with Gasteiger partial charge in [0, 0.05) is 18.0 Å². The summed E-state index contributed by atoms with van der Waals surface area (Å²) in [7, 11) is 0. The Hall–Kier alpha value is -0.570. The van der Waals surface area contributed by atoms with Crippen LogP contribution in [-0.2, 0) is 4.79 Å². The minimum Gasteiger partial charge on any atom is -0.353 e. The van der Waals surface area contributed by atoms with E-state index in [0.29, 0.717) is 18.0 Å². The molecule has 15 heavy (non-hydrogen) atoms. The maximum absolute atomic E-state index is 11.5. The number of hydrogen-bond donors (Lipinski definition) is 2. The average Bonchev–Trinajstić information content (AvgIpc) is 2.16. The zero-order valence-corrected chi connectivity index (χ0v) is 9.64. The van der Waals surface area contributed by atoms with Crippen molar-refractivity contribution in [1.82, 2.24) is 10.6 Å². The molecule has 1 amide bonds. The third kappa shape index (κ3) is 2.51. The second-order valence-corrected chi connectivity index (χ2v) is 5.07. The Bertz CT molecular complexity index is 236. The van der Waals surface area contributed by atoms with E-state index in [1.165, 1.54) is 19.3 Å². The van der Waals surface area contributed by atoms with Crippen molar-refractivity contribution in [2.45, 2.75) is 63.5 Å². The van der Waals surface area contributed by atoms with Crippen molar-refractivity contribution in [1.29, 1.82) is 0 Å². The molecule has 0 radical (unpaired) electrons. The monoisotopic (exact) mass is 210 g/mol. The lowest BCUT2D eigenvalue weighted by molar-refractivity contribution is -0.122. The van der Waals surface area contributed by atoms with Gasteiger partial charge in [-0.3, -0.25) is 4.79 Å². The molecule has 2 N–H and O–H groups in total. The predicted octanol–water partition coefficient (Wildman–Crippen LogP) is 1.58. The number of piperidine rings is 1. The van der Waals surface area contributed by atoms with Gasteiger partial charge in [0.1, 0.15) is 0 Å². The third-order valence-corrected chi connectivity index (χ3v) is 3.78. The molecule has 2 rings (SSSR count). The molecule has 0 aromatic carbocycles. The van der Waals surface area contributed by atoms with Gasteiger partial charge in [0.2, 0.25) is 5.91 Å². The molecule has 0 aromatic rings. The fourth-order valence-corrected chi connectivity index (χ4v) is 2.79. The summed E-state index contributed by atoms with van der Waals surface area (Å²) in [6.07, 6.45) is 7.81. The van der Waals surface area contributed by atoms with Gasteiger partial charge in [0.05, 0.1) is 0 Å². The summed E-state index contributed by atoms with van der Waals surface area (Å²) < 4.78 is 0. The van der Waals surface area contributed by atoms with Gasteiger partial charge in [-0.2, -0.15) is 0 Å². The van der Waals surface area contributed by atoms with Crippen molar-refractivity contribution < 1.29 is 4.79 Å². The van der Waals surface area contributed by atoms with E-state index in [4.69, 9.17) is 0 Å². The SMILES string of the molecule is CCCC(=O)N[C@H]1CCNC2(CCC2)C1. The lowest BCUT2D eigenvalue weighted by atomic mass is 9.70. The highest BCUT2D eigenvalue weighted by atomic mass is 16.1. The van der Waals surface area contributed by atoms with Crippen molar-refractivity contribution in [2.24, 2.45) is 0 Å². The molecular weight excluding hydrogens is 188 g/mol. The fraction of sp³-hybridized carbons (Fsp3) is 0.917. The summed E-state index contributed by atoms with van der Waals surface area (Å²) in [4.78, 5) is 11.5. The number of amides is 1. The van der Waals surface area contributed by atoms with E-state index in [9.17, 15) is 4.79 Å². The van der Waals surface area contributed by atoms with Gasteiger partial charge in [-0.05, 0) is 45.1 Å². The van der Waals surface area contributed by atoms with Crippen LogP contribution < -0.4 is 10.6 Å². The molecule has 3 nitrogen and oxygen atoms in total. The molecular formula is C12H22N2O. The first-order chi connectivity index (χ1) is 7.24. The number of carbonyl (C=O) groups is 1. The second kappa shape index (κ2) is 4.52. The summed E-state index contributed by atoms with van der Waals surface area (Å²) in [6.45, 7) is 3.12. The van der Waals surface area contributed by atoms with Crippen LogP contribution in [0.15, 0.2) is 0 Å². The molecule has 1 spiro atoms. The summed E-state index contributed by atoms with van der Waals surface area (Å²) in [5, 5.41) is 6.78. The van der Waals surface area contributed by atoms with Crippen molar-refractivity contribution >= 4 is 5.91 Å². The topological polar surface area (TPSA) is 41.1 Å². The van der Waals surface area contributed by atoms with Crippen LogP contribution in [0.1, 0.15) is 51.9 Å². The molecule has 1 saturated heterocycles. The fourth-order valence-electron chi connectivity index (χ4n) is 2.79. The van der Waals surface area contributed by atoms with E-state index in [1.807, 2.05) is 0 Å². The Labute approximate surface area is 92.0 Å². The highest BCUT2D eigenvalue weighted by molar-refractivity contribution is 5.76. The second-order valence-electron chi connectivity index (χ2n) is 5.07. The molecule has 2 aliphatic rings. The normalized spacial score (nSPS) is 28.5. The van der Waals surface area contributed by atoms with Crippen LogP contribution >= 0.6 is 0 Å². The van der Waals surface area contributed by atoms with Crippen molar-refractivity contribution in [2.75, 3.05) is 6.54 Å². The summed E-state index contributed by atoms with van der Waals surface area (Å²) >= 11 is 0. The van der Waals surface area contributed by atoms with Crippen molar-refractivity contribution in [3.05, 3.63) is 0 Å². The minimum atomic E-state index is 0.235.